The van der Waals surface area contributed by atoms with Gasteiger partial charge in [0.2, 0.25) is 0 Å². The Morgan fingerprint density at radius 3 is 2.53 bits per heavy atom. The van der Waals surface area contributed by atoms with E-state index >= 15 is 0 Å². The number of benzene rings is 1. The molecule has 0 radical (unpaired) electrons. The van der Waals surface area contributed by atoms with Crippen LogP contribution in [0.3, 0.4) is 0 Å². The molecule has 0 saturated carbocycles. The fourth-order valence-electron chi connectivity index (χ4n) is 2.46. The van der Waals surface area contributed by atoms with Crippen molar-refractivity contribution in [2.75, 3.05) is 26.7 Å². The van der Waals surface area contributed by atoms with Crippen molar-refractivity contribution in [2.24, 2.45) is 5.92 Å². The van der Waals surface area contributed by atoms with Crippen molar-refractivity contribution < 1.29 is 5.11 Å². The van der Waals surface area contributed by atoms with Crippen LogP contribution >= 0.6 is 0 Å². The minimum atomic E-state index is 0.295. The van der Waals surface area contributed by atoms with Gasteiger partial charge in [0.1, 0.15) is 0 Å². The quantitative estimate of drug-likeness (QED) is 0.793. The predicted octanol–water partition coefficient (Wildman–Crippen LogP) is 1.63. The van der Waals surface area contributed by atoms with Gasteiger partial charge >= 0.3 is 0 Å². The van der Waals surface area contributed by atoms with E-state index in [4.69, 9.17) is 0 Å². The Balaban J connectivity index is 2.19. The molecule has 2 rings (SSSR count). The highest BCUT2D eigenvalue weighted by molar-refractivity contribution is 5.26. The van der Waals surface area contributed by atoms with Crippen LogP contribution in [0.25, 0.3) is 0 Å². The Morgan fingerprint density at radius 2 is 1.93 bits per heavy atom. The van der Waals surface area contributed by atoms with Crippen molar-refractivity contribution in [1.82, 2.24) is 4.90 Å². The van der Waals surface area contributed by atoms with Gasteiger partial charge in [0.15, 0.2) is 0 Å². The number of nitrogens with zero attached hydrogens (tertiary/aromatic N) is 1. The molecular formula is C13H19NO. The second kappa shape index (κ2) is 4.33. The fourth-order valence-corrected chi connectivity index (χ4v) is 2.46. The summed E-state index contributed by atoms with van der Waals surface area (Å²) >= 11 is 0. The number of hydrogen-bond acceptors (Lipinski definition) is 2. The molecule has 1 fully saturated rings. The Kier molecular flexibility index (Phi) is 3.08. The molecular weight excluding hydrogens is 186 g/mol. The van der Waals surface area contributed by atoms with Crippen molar-refractivity contribution in [2.45, 2.75) is 12.8 Å². The lowest BCUT2D eigenvalue weighted by molar-refractivity contribution is 0.219. The standard InChI is InChI=1S/C13H19NO/c1-10-3-5-11(6-4-10)13-8-14(2)7-12(13)9-15/h3-6,12-13,15H,7-9H2,1-2H3/t12-,13+/m1/s1. The monoisotopic (exact) mass is 205 g/mol. The highest BCUT2D eigenvalue weighted by atomic mass is 16.3. The lowest BCUT2D eigenvalue weighted by Gasteiger charge is -2.16. The van der Waals surface area contributed by atoms with Gasteiger partial charge in [-0.15, -0.1) is 0 Å². The molecule has 0 unspecified atom stereocenters. The van der Waals surface area contributed by atoms with Crippen LogP contribution in [0.1, 0.15) is 17.0 Å². The third kappa shape index (κ3) is 2.21. The van der Waals surface area contributed by atoms with E-state index in [0.29, 0.717) is 18.4 Å². The third-order valence-corrected chi connectivity index (χ3v) is 3.36. The first-order chi connectivity index (χ1) is 7.20. The molecule has 1 aliphatic rings. The van der Waals surface area contributed by atoms with E-state index in [1.165, 1.54) is 11.1 Å². The van der Waals surface area contributed by atoms with Gasteiger partial charge < -0.3 is 10.0 Å². The zero-order valence-electron chi connectivity index (χ0n) is 9.48. The number of hydrogen-bond donors (Lipinski definition) is 1. The van der Waals surface area contributed by atoms with Crippen molar-refractivity contribution in [3.05, 3.63) is 35.4 Å². The molecule has 1 aromatic carbocycles. The van der Waals surface area contributed by atoms with E-state index in [1.807, 2.05) is 0 Å². The van der Waals surface area contributed by atoms with E-state index < -0.39 is 0 Å². The summed E-state index contributed by atoms with van der Waals surface area (Å²) in [5.74, 6) is 0.901. The Hall–Kier alpha value is -0.860. The number of likely N-dealkylation sites (tertiary alicyclic amines) is 1. The molecule has 0 aliphatic carbocycles. The van der Waals surface area contributed by atoms with Crippen LogP contribution in [0.5, 0.6) is 0 Å². The Labute approximate surface area is 91.5 Å². The SMILES string of the molecule is Cc1ccc([C@@H]2CN(C)C[C@@H]2CO)cc1. The molecule has 1 saturated heterocycles. The van der Waals surface area contributed by atoms with E-state index in [-0.39, 0.29) is 0 Å². The number of aliphatic hydroxyl groups excluding tert-OH is 1. The molecule has 0 amide bonds. The van der Waals surface area contributed by atoms with E-state index in [1.54, 1.807) is 0 Å². The second-order valence-electron chi connectivity index (χ2n) is 4.68. The summed E-state index contributed by atoms with van der Waals surface area (Å²) in [6.07, 6.45) is 0. The van der Waals surface area contributed by atoms with Gasteiger partial charge in [-0.1, -0.05) is 29.8 Å². The van der Waals surface area contributed by atoms with Crippen LogP contribution in [-0.2, 0) is 0 Å². The Morgan fingerprint density at radius 1 is 1.27 bits per heavy atom. The van der Waals surface area contributed by atoms with Gasteiger partial charge in [0.25, 0.3) is 0 Å². The highest BCUT2D eigenvalue weighted by Crippen LogP contribution is 2.31. The number of aryl methyl sites for hydroxylation is 1. The zero-order chi connectivity index (χ0) is 10.8. The minimum absolute atomic E-state index is 0.295. The van der Waals surface area contributed by atoms with Crippen LogP contribution in [0, 0.1) is 12.8 Å². The molecule has 2 heteroatoms. The van der Waals surface area contributed by atoms with E-state index in [0.717, 1.165) is 13.1 Å². The molecule has 0 bridgehead atoms. The summed E-state index contributed by atoms with van der Waals surface area (Å²) < 4.78 is 0. The summed E-state index contributed by atoms with van der Waals surface area (Å²) in [4.78, 5) is 2.30. The number of rotatable bonds is 2. The third-order valence-electron chi connectivity index (χ3n) is 3.36. The van der Waals surface area contributed by atoms with Crippen molar-refractivity contribution in [3.63, 3.8) is 0 Å². The maximum Gasteiger partial charge on any atom is 0.0477 e. The van der Waals surface area contributed by atoms with Crippen LogP contribution in [0.15, 0.2) is 24.3 Å². The van der Waals surface area contributed by atoms with Crippen molar-refractivity contribution >= 4 is 0 Å². The minimum Gasteiger partial charge on any atom is -0.396 e. The van der Waals surface area contributed by atoms with Gasteiger partial charge in [0, 0.05) is 31.5 Å². The summed E-state index contributed by atoms with van der Waals surface area (Å²) in [6, 6.07) is 8.70. The molecule has 1 aromatic rings. The topological polar surface area (TPSA) is 23.5 Å². The summed E-state index contributed by atoms with van der Waals surface area (Å²) in [5, 5.41) is 9.34. The van der Waals surface area contributed by atoms with Gasteiger partial charge in [0.05, 0.1) is 0 Å². The van der Waals surface area contributed by atoms with Crippen LogP contribution in [0.2, 0.25) is 0 Å². The fraction of sp³-hybridized carbons (Fsp3) is 0.538. The van der Waals surface area contributed by atoms with Crippen molar-refractivity contribution in [3.8, 4) is 0 Å². The smallest absolute Gasteiger partial charge is 0.0477 e. The van der Waals surface area contributed by atoms with E-state index in [2.05, 4.69) is 43.1 Å². The number of likely N-dealkylation sites (N-methyl/N-ethyl adjacent to an activating group) is 1. The van der Waals surface area contributed by atoms with Crippen LogP contribution in [0.4, 0.5) is 0 Å². The summed E-state index contributed by atoms with van der Waals surface area (Å²) in [6.45, 7) is 4.47. The molecule has 2 atom stereocenters. The maximum absolute atomic E-state index is 9.34. The van der Waals surface area contributed by atoms with Gasteiger partial charge in [-0.25, -0.2) is 0 Å². The lowest BCUT2D eigenvalue weighted by atomic mass is 9.89. The molecule has 0 spiro atoms. The zero-order valence-corrected chi connectivity index (χ0v) is 9.48. The first-order valence-electron chi connectivity index (χ1n) is 5.56. The first-order valence-corrected chi connectivity index (χ1v) is 5.56. The lowest BCUT2D eigenvalue weighted by Crippen LogP contribution is -2.15. The molecule has 0 aromatic heterocycles. The largest absolute Gasteiger partial charge is 0.396 e. The molecule has 1 N–H and O–H groups in total. The first kappa shape index (κ1) is 10.7. The van der Waals surface area contributed by atoms with Gasteiger partial charge in [-0.2, -0.15) is 0 Å². The normalized spacial score (nSPS) is 27.1. The van der Waals surface area contributed by atoms with Crippen LogP contribution in [-0.4, -0.2) is 36.8 Å². The second-order valence-corrected chi connectivity index (χ2v) is 4.68. The van der Waals surface area contributed by atoms with E-state index in [9.17, 15) is 5.11 Å². The molecule has 1 aliphatic heterocycles. The highest BCUT2D eigenvalue weighted by Gasteiger charge is 2.31. The average molecular weight is 205 g/mol. The van der Waals surface area contributed by atoms with Gasteiger partial charge in [-0.3, -0.25) is 0 Å². The molecule has 82 valence electrons. The van der Waals surface area contributed by atoms with Crippen LogP contribution < -0.4 is 0 Å². The number of aliphatic hydroxyl groups is 1. The molecule has 2 nitrogen and oxygen atoms in total. The Bertz CT molecular complexity index is 320. The van der Waals surface area contributed by atoms with Gasteiger partial charge in [-0.05, 0) is 19.5 Å². The average Bonchev–Trinajstić information content (AvgIpc) is 2.61. The van der Waals surface area contributed by atoms with Crippen molar-refractivity contribution in [1.29, 1.82) is 0 Å². The molecule has 1 heterocycles. The summed E-state index contributed by atoms with van der Waals surface area (Å²) in [5.41, 5.74) is 2.66. The molecule has 15 heavy (non-hydrogen) atoms. The predicted molar refractivity (Wildman–Crippen MR) is 62.0 cm³/mol. The summed E-state index contributed by atoms with van der Waals surface area (Å²) in [7, 11) is 2.12. The maximum atomic E-state index is 9.34.